The maximum atomic E-state index is 13.9. The molecule has 36 heavy (non-hydrogen) atoms. The number of likely N-dealkylation sites (N-methyl/N-ethyl adjacent to an activating group) is 1. The van der Waals surface area contributed by atoms with E-state index < -0.39 is 5.54 Å². The third-order valence-corrected chi connectivity index (χ3v) is 7.21. The van der Waals surface area contributed by atoms with E-state index in [-0.39, 0.29) is 24.3 Å². The third kappa shape index (κ3) is 4.46. The molecule has 1 spiro atoms. The Morgan fingerprint density at radius 1 is 0.944 bits per heavy atom. The lowest BCUT2D eigenvalue weighted by atomic mass is 9.85. The molecule has 5 rings (SSSR count). The van der Waals surface area contributed by atoms with Crippen molar-refractivity contribution in [2.75, 3.05) is 38.3 Å². The summed E-state index contributed by atoms with van der Waals surface area (Å²) < 4.78 is 5.28. The molecule has 0 aliphatic carbocycles. The predicted molar refractivity (Wildman–Crippen MR) is 135 cm³/mol. The number of hydrogen-bond donors (Lipinski definition) is 0. The van der Waals surface area contributed by atoms with Crippen LogP contribution >= 0.6 is 0 Å². The number of carbonyl (C=O) groups excluding carboxylic acids is 3. The number of rotatable bonds is 6. The van der Waals surface area contributed by atoms with E-state index in [0.29, 0.717) is 44.9 Å². The van der Waals surface area contributed by atoms with Crippen LogP contribution in [0.25, 0.3) is 0 Å². The highest BCUT2D eigenvalue weighted by Crippen LogP contribution is 2.39. The molecule has 1 aromatic heterocycles. The summed E-state index contributed by atoms with van der Waals surface area (Å²) in [5.41, 5.74) is 1.18. The lowest BCUT2D eigenvalue weighted by Gasteiger charge is -2.43. The number of hydrogen-bond acceptors (Lipinski definition) is 5. The van der Waals surface area contributed by atoms with Crippen LogP contribution in [0.4, 0.5) is 5.69 Å². The van der Waals surface area contributed by atoms with Crippen molar-refractivity contribution in [3.05, 3.63) is 90.4 Å². The van der Waals surface area contributed by atoms with Crippen molar-refractivity contribution in [1.82, 2.24) is 14.7 Å². The van der Waals surface area contributed by atoms with Crippen LogP contribution in [0.15, 0.2) is 83.5 Å². The molecule has 186 valence electrons. The molecule has 0 unspecified atom stereocenters. The molecule has 0 N–H and O–H groups in total. The molecule has 2 aliphatic rings. The summed E-state index contributed by atoms with van der Waals surface area (Å²) in [5, 5.41) is 0. The first kappa shape index (κ1) is 23.7. The molecule has 0 saturated carbocycles. The van der Waals surface area contributed by atoms with Crippen LogP contribution in [0.5, 0.6) is 0 Å². The van der Waals surface area contributed by atoms with Crippen molar-refractivity contribution < 1.29 is 18.8 Å². The summed E-state index contributed by atoms with van der Waals surface area (Å²) in [6.45, 7) is 1.70. The van der Waals surface area contributed by atoms with Crippen molar-refractivity contribution in [2.45, 2.75) is 24.9 Å². The fraction of sp³-hybridized carbons (Fsp3) is 0.321. The van der Waals surface area contributed by atoms with Crippen molar-refractivity contribution in [2.24, 2.45) is 0 Å². The van der Waals surface area contributed by atoms with Crippen molar-refractivity contribution in [3.63, 3.8) is 0 Å². The number of furan rings is 1. The zero-order valence-electron chi connectivity index (χ0n) is 20.4. The Kier molecular flexibility index (Phi) is 6.50. The fourth-order valence-corrected chi connectivity index (χ4v) is 5.19. The van der Waals surface area contributed by atoms with Gasteiger partial charge in [-0.05, 0) is 42.7 Å². The molecule has 2 saturated heterocycles. The molecule has 0 atom stereocenters. The number of nitrogens with zero attached hydrogens (tertiary/aromatic N) is 4. The minimum absolute atomic E-state index is 0.0162. The second-order valence-electron chi connectivity index (χ2n) is 9.44. The first-order chi connectivity index (χ1) is 17.5. The zero-order chi connectivity index (χ0) is 25.1. The summed E-state index contributed by atoms with van der Waals surface area (Å²) in [4.78, 5) is 46.9. The number of para-hydroxylation sites is 1. The van der Waals surface area contributed by atoms with Gasteiger partial charge in [0.2, 0.25) is 5.91 Å². The molecule has 2 fully saturated rings. The van der Waals surface area contributed by atoms with Crippen LogP contribution in [0.3, 0.4) is 0 Å². The van der Waals surface area contributed by atoms with E-state index in [1.54, 1.807) is 33.9 Å². The summed E-state index contributed by atoms with van der Waals surface area (Å²) >= 11 is 0. The van der Waals surface area contributed by atoms with Crippen molar-refractivity contribution in [1.29, 1.82) is 0 Å². The van der Waals surface area contributed by atoms with E-state index >= 15 is 0 Å². The van der Waals surface area contributed by atoms with Gasteiger partial charge in [0.05, 0.1) is 12.9 Å². The highest BCUT2D eigenvalue weighted by atomic mass is 16.3. The van der Waals surface area contributed by atoms with Gasteiger partial charge in [-0.25, -0.2) is 0 Å². The molecular weight excluding hydrogens is 456 g/mol. The lowest BCUT2D eigenvalue weighted by molar-refractivity contribution is -0.140. The van der Waals surface area contributed by atoms with Crippen LogP contribution < -0.4 is 4.90 Å². The Balaban J connectivity index is 1.33. The lowest BCUT2D eigenvalue weighted by Crippen LogP contribution is -2.57. The molecule has 2 aromatic carbocycles. The van der Waals surface area contributed by atoms with Crippen LogP contribution in [0.2, 0.25) is 0 Å². The summed E-state index contributed by atoms with van der Waals surface area (Å²) in [6.07, 6.45) is 2.45. The van der Waals surface area contributed by atoms with Crippen molar-refractivity contribution >= 4 is 23.4 Å². The topological polar surface area (TPSA) is 77.3 Å². The Hall–Kier alpha value is -4.07. The van der Waals surface area contributed by atoms with Gasteiger partial charge in [0.25, 0.3) is 11.8 Å². The SMILES string of the molecule is CN(Cc1ccccc1)C(=O)CN1CN(c2ccccc2)C2(CCN(C(=O)c3ccco3)CC2)C1=O. The van der Waals surface area contributed by atoms with Crippen LogP contribution in [-0.2, 0) is 16.1 Å². The average molecular weight is 487 g/mol. The van der Waals surface area contributed by atoms with Gasteiger partial charge in [0.1, 0.15) is 12.1 Å². The molecule has 8 heteroatoms. The normalized spacial score (nSPS) is 17.0. The molecule has 3 heterocycles. The van der Waals surface area contributed by atoms with Crippen LogP contribution in [0, 0.1) is 0 Å². The van der Waals surface area contributed by atoms with E-state index in [1.165, 1.54) is 6.26 Å². The number of carbonyl (C=O) groups is 3. The van der Waals surface area contributed by atoms with Gasteiger partial charge in [0, 0.05) is 32.4 Å². The first-order valence-corrected chi connectivity index (χ1v) is 12.2. The second-order valence-corrected chi connectivity index (χ2v) is 9.44. The van der Waals surface area contributed by atoms with E-state index in [2.05, 4.69) is 4.90 Å². The monoisotopic (exact) mass is 486 g/mol. The highest BCUT2D eigenvalue weighted by molar-refractivity contribution is 5.97. The molecule has 3 amide bonds. The minimum atomic E-state index is -0.792. The predicted octanol–water partition coefficient (Wildman–Crippen LogP) is 3.22. The maximum absolute atomic E-state index is 13.9. The smallest absolute Gasteiger partial charge is 0.289 e. The quantitative estimate of drug-likeness (QED) is 0.535. The molecule has 8 nitrogen and oxygen atoms in total. The number of piperidine rings is 1. The van der Waals surface area contributed by atoms with Gasteiger partial charge in [0.15, 0.2) is 5.76 Å². The minimum Gasteiger partial charge on any atom is -0.459 e. The summed E-state index contributed by atoms with van der Waals surface area (Å²) in [7, 11) is 1.76. The van der Waals surface area contributed by atoms with E-state index in [9.17, 15) is 14.4 Å². The second kappa shape index (κ2) is 9.89. The van der Waals surface area contributed by atoms with Crippen molar-refractivity contribution in [3.8, 4) is 0 Å². The zero-order valence-corrected chi connectivity index (χ0v) is 20.4. The summed E-state index contributed by atoms with van der Waals surface area (Å²) in [6, 6.07) is 23.0. The Morgan fingerprint density at radius 3 is 2.25 bits per heavy atom. The standard InChI is InChI=1S/C28H30N4O4/c1-29(19-22-9-4-2-5-10-22)25(33)20-31-21-32(23-11-6-3-7-12-23)28(27(31)35)14-16-30(17-15-28)26(34)24-13-8-18-36-24/h2-13,18H,14-17,19-21H2,1H3. The molecule has 2 aliphatic heterocycles. The Bertz CT molecular complexity index is 1200. The van der Waals surface area contributed by atoms with Crippen LogP contribution in [-0.4, -0.2) is 71.3 Å². The Labute approximate surface area is 210 Å². The fourth-order valence-electron chi connectivity index (χ4n) is 5.19. The highest BCUT2D eigenvalue weighted by Gasteiger charge is 2.54. The largest absolute Gasteiger partial charge is 0.459 e. The maximum Gasteiger partial charge on any atom is 0.289 e. The number of amides is 3. The molecule has 0 radical (unpaired) electrons. The molecular formula is C28H30N4O4. The van der Waals surface area contributed by atoms with Gasteiger partial charge in [-0.15, -0.1) is 0 Å². The van der Waals surface area contributed by atoms with Gasteiger partial charge >= 0.3 is 0 Å². The number of benzene rings is 2. The molecule has 0 bridgehead atoms. The van der Waals surface area contributed by atoms with Crippen LogP contribution in [0.1, 0.15) is 29.0 Å². The average Bonchev–Trinajstić information content (AvgIpc) is 3.54. The van der Waals surface area contributed by atoms with E-state index in [4.69, 9.17) is 4.42 Å². The Morgan fingerprint density at radius 2 is 1.61 bits per heavy atom. The van der Waals surface area contributed by atoms with Gasteiger partial charge < -0.3 is 24.0 Å². The number of anilines is 1. The van der Waals surface area contributed by atoms with Gasteiger partial charge in [-0.1, -0.05) is 48.5 Å². The molecule has 3 aromatic rings. The van der Waals surface area contributed by atoms with E-state index in [1.807, 2.05) is 60.7 Å². The summed E-state index contributed by atoms with van der Waals surface area (Å²) in [5.74, 6) is -0.0287. The third-order valence-electron chi connectivity index (χ3n) is 7.21. The number of likely N-dealkylation sites (tertiary alicyclic amines) is 1. The van der Waals surface area contributed by atoms with Gasteiger partial charge in [-0.3, -0.25) is 14.4 Å². The van der Waals surface area contributed by atoms with Gasteiger partial charge in [-0.2, -0.15) is 0 Å². The first-order valence-electron chi connectivity index (χ1n) is 12.2. The van der Waals surface area contributed by atoms with E-state index in [0.717, 1.165) is 11.3 Å².